The fraction of sp³-hybridized carbons (Fsp3) is 1.00. The molecule has 0 aromatic rings. The van der Waals surface area contributed by atoms with E-state index in [9.17, 15) is 4.21 Å². The van der Waals surface area contributed by atoms with E-state index in [0.29, 0.717) is 0 Å². The predicted molar refractivity (Wildman–Crippen MR) is 41.4 cm³/mol. The van der Waals surface area contributed by atoms with Crippen LogP contribution in [0.2, 0.25) is 0 Å². The van der Waals surface area contributed by atoms with Gasteiger partial charge in [0.2, 0.25) is 0 Å². The Bertz CT molecular complexity index is 133. The molecule has 1 atom stereocenters. The third-order valence-corrected chi connectivity index (χ3v) is 2.59. The van der Waals surface area contributed by atoms with Crippen molar-refractivity contribution in [3.63, 3.8) is 0 Å². The summed E-state index contributed by atoms with van der Waals surface area (Å²) in [6.07, 6.45) is 0. The van der Waals surface area contributed by atoms with Crippen molar-refractivity contribution in [3.8, 4) is 0 Å². The maximum atomic E-state index is 10.7. The molecule has 0 bridgehead atoms. The Morgan fingerprint density at radius 1 is 1.30 bits per heavy atom. The first kappa shape index (κ1) is 8.13. The molecule has 2 N–H and O–H groups in total. The molecule has 1 aliphatic rings. The van der Waals surface area contributed by atoms with E-state index >= 15 is 0 Å². The lowest BCUT2D eigenvalue weighted by molar-refractivity contribution is 0.228. The molecule has 0 spiro atoms. The SMILES string of the molecule is CN1CCN(S(N)=O)CC1. The first-order valence-electron chi connectivity index (χ1n) is 3.30. The van der Waals surface area contributed by atoms with Gasteiger partial charge < -0.3 is 4.90 Å². The van der Waals surface area contributed by atoms with Crippen molar-refractivity contribution >= 4 is 11.2 Å². The van der Waals surface area contributed by atoms with E-state index in [0.717, 1.165) is 26.2 Å². The van der Waals surface area contributed by atoms with Crippen LogP contribution in [-0.4, -0.2) is 46.6 Å². The predicted octanol–water partition coefficient (Wildman–Crippen LogP) is -1.23. The summed E-state index contributed by atoms with van der Waals surface area (Å²) in [7, 11) is 2.05. The van der Waals surface area contributed by atoms with Crippen molar-refractivity contribution in [2.75, 3.05) is 33.2 Å². The fourth-order valence-corrected chi connectivity index (χ4v) is 1.49. The van der Waals surface area contributed by atoms with Crippen LogP contribution in [0.3, 0.4) is 0 Å². The van der Waals surface area contributed by atoms with Gasteiger partial charge in [0.05, 0.1) is 0 Å². The zero-order valence-electron chi connectivity index (χ0n) is 6.12. The van der Waals surface area contributed by atoms with Crippen LogP contribution in [0.1, 0.15) is 0 Å². The normalized spacial score (nSPS) is 26.6. The van der Waals surface area contributed by atoms with Crippen LogP contribution in [0.25, 0.3) is 0 Å². The minimum atomic E-state index is -1.26. The molecule has 1 saturated heterocycles. The van der Waals surface area contributed by atoms with E-state index < -0.39 is 11.2 Å². The van der Waals surface area contributed by atoms with Gasteiger partial charge in [0, 0.05) is 26.2 Å². The molecular weight excluding hydrogens is 150 g/mol. The Morgan fingerprint density at radius 3 is 2.20 bits per heavy atom. The molecule has 60 valence electrons. The van der Waals surface area contributed by atoms with Crippen molar-refractivity contribution in [3.05, 3.63) is 0 Å². The molecule has 4 nitrogen and oxygen atoms in total. The maximum absolute atomic E-state index is 10.7. The number of rotatable bonds is 1. The second-order valence-electron chi connectivity index (χ2n) is 2.51. The molecule has 10 heavy (non-hydrogen) atoms. The standard InChI is InChI=1S/C5H13N3OS/c1-7-2-4-8(5-3-7)10(6)9/h2-6H2,1H3. The molecule has 0 radical (unpaired) electrons. The van der Waals surface area contributed by atoms with Crippen molar-refractivity contribution < 1.29 is 4.21 Å². The number of nitrogens with zero attached hydrogens (tertiary/aromatic N) is 2. The molecule has 1 unspecified atom stereocenters. The molecule has 1 aliphatic heterocycles. The number of piperazine rings is 1. The Hall–Kier alpha value is 0.0300. The van der Waals surface area contributed by atoms with Crippen LogP contribution in [0.5, 0.6) is 0 Å². The zero-order chi connectivity index (χ0) is 7.56. The number of likely N-dealkylation sites (N-methyl/N-ethyl adjacent to an activating group) is 1. The quantitative estimate of drug-likeness (QED) is 0.526. The summed E-state index contributed by atoms with van der Waals surface area (Å²) >= 11 is -1.26. The van der Waals surface area contributed by atoms with E-state index in [4.69, 9.17) is 5.14 Å². The Balaban J connectivity index is 2.33. The minimum Gasteiger partial charge on any atom is -0.304 e. The molecule has 0 aromatic heterocycles. The van der Waals surface area contributed by atoms with Gasteiger partial charge in [0.1, 0.15) is 0 Å². The van der Waals surface area contributed by atoms with Crippen molar-refractivity contribution in [2.24, 2.45) is 5.14 Å². The van der Waals surface area contributed by atoms with E-state index in [1.165, 1.54) is 0 Å². The Morgan fingerprint density at radius 2 is 1.80 bits per heavy atom. The smallest absolute Gasteiger partial charge is 0.167 e. The second kappa shape index (κ2) is 3.43. The summed E-state index contributed by atoms with van der Waals surface area (Å²) in [5.41, 5.74) is 0. The van der Waals surface area contributed by atoms with Gasteiger partial charge in [0.15, 0.2) is 11.2 Å². The largest absolute Gasteiger partial charge is 0.304 e. The molecule has 0 amide bonds. The van der Waals surface area contributed by atoms with Gasteiger partial charge in [-0.3, -0.25) is 0 Å². The molecule has 1 rings (SSSR count). The van der Waals surface area contributed by atoms with Crippen molar-refractivity contribution in [1.29, 1.82) is 0 Å². The van der Waals surface area contributed by atoms with E-state index in [1.807, 2.05) is 0 Å². The second-order valence-corrected chi connectivity index (χ2v) is 3.58. The number of nitrogens with two attached hydrogens (primary N) is 1. The molecule has 0 aliphatic carbocycles. The maximum Gasteiger partial charge on any atom is 0.167 e. The lowest BCUT2D eigenvalue weighted by Gasteiger charge is -2.29. The molecule has 0 aromatic carbocycles. The van der Waals surface area contributed by atoms with Gasteiger partial charge in [-0.2, -0.15) is 0 Å². The summed E-state index contributed by atoms with van der Waals surface area (Å²) < 4.78 is 12.5. The fourth-order valence-electron chi connectivity index (χ4n) is 0.968. The zero-order valence-corrected chi connectivity index (χ0v) is 6.93. The van der Waals surface area contributed by atoms with Crippen LogP contribution in [0, 0.1) is 0 Å². The molecule has 1 fully saturated rings. The van der Waals surface area contributed by atoms with Crippen LogP contribution in [0.4, 0.5) is 0 Å². The molecular formula is C5H13N3OS. The van der Waals surface area contributed by atoms with Gasteiger partial charge in [-0.1, -0.05) is 0 Å². The highest BCUT2D eigenvalue weighted by atomic mass is 32.2. The minimum absolute atomic E-state index is 0.819. The van der Waals surface area contributed by atoms with Gasteiger partial charge in [-0.05, 0) is 7.05 Å². The van der Waals surface area contributed by atoms with Crippen LogP contribution < -0.4 is 5.14 Å². The number of hydrogen-bond acceptors (Lipinski definition) is 2. The lowest BCUT2D eigenvalue weighted by atomic mass is 10.4. The van der Waals surface area contributed by atoms with Crippen molar-refractivity contribution in [1.82, 2.24) is 9.21 Å². The summed E-state index contributed by atoms with van der Waals surface area (Å²) in [6.45, 7) is 3.56. The highest BCUT2D eigenvalue weighted by molar-refractivity contribution is 7.80. The third-order valence-electron chi connectivity index (χ3n) is 1.72. The Kier molecular flexibility index (Phi) is 2.79. The van der Waals surface area contributed by atoms with E-state index in [-0.39, 0.29) is 0 Å². The van der Waals surface area contributed by atoms with Gasteiger partial charge in [-0.25, -0.2) is 13.7 Å². The number of hydrogen-bond donors (Lipinski definition) is 1. The highest BCUT2D eigenvalue weighted by Gasteiger charge is 2.15. The van der Waals surface area contributed by atoms with E-state index in [2.05, 4.69) is 11.9 Å². The first-order chi connectivity index (χ1) is 4.70. The Labute approximate surface area is 63.7 Å². The highest BCUT2D eigenvalue weighted by Crippen LogP contribution is 1.98. The summed E-state index contributed by atoms with van der Waals surface area (Å²) in [5.74, 6) is 0. The van der Waals surface area contributed by atoms with Crippen molar-refractivity contribution in [2.45, 2.75) is 0 Å². The lowest BCUT2D eigenvalue weighted by Crippen LogP contribution is -2.46. The summed E-state index contributed by atoms with van der Waals surface area (Å²) in [6, 6.07) is 0. The first-order valence-corrected chi connectivity index (χ1v) is 4.47. The molecule has 5 heteroatoms. The molecule has 1 heterocycles. The average Bonchev–Trinajstić information content (AvgIpc) is 1.88. The monoisotopic (exact) mass is 163 g/mol. The van der Waals surface area contributed by atoms with Crippen LogP contribution >= 0.6 is 0 Å². The summed E-state index contributed by atoms with van der Waals surface area (Å²) in [4.78, 5) is 2.20. The molecule has 0 saturated carbocycles. The van der Waals surface area contributed by atoms with E-state index in [1.54, 1.807) is 4.31 Å². The average molecular weight is 163 g/mol. The van der Waals surface area contributed by atoms with Crippen LogP contribution in [-0.2, 0) is 11.2 Å². The summed E-state index contributed by atoms with van der Waals surface area (Å²) in [5, 5.41) is 5.19. The van der Waals surface area contributed by atoms with Gasteiger partial charge >= 0.3 is 0 Å². The van der Waals surface area contributed by atoms with Gasteiger partial charge in [-0.15, -0.1) is 0 Å². The topological polar surface area (TPSA) is 49.6 Å². The van der Waals surface area contributed by atoms with Crippen LogP contribution in [0.15, 0.2) is 0 Å². The van der Waals surface area contributed by atoms with Gasteiger partial charge in [0.25, 0.3) is 0 Å². The third kappa shape index (κ3) is 2.02.